The molecular weight excluding hydrogens is 190 g/mol. The van der Waals surface area contributed by atoms with Crippen molar-refractivity contribution in [2.45, 2.75) is 20.3 Å². The third kappa shape index (κ3) is 6.16. The number of nitriles is 1. The molecular formula is C10H15N5. The number of hydrogen-bond donors (Lipinski definition) is 3. The monoisotopic (exact) mass is 205 g/mol. The minimum atomic E-state index is -0.0103. The molecule has 0 aliphatic heterocycles. The van der Waals surface area contributed by atoms with Gasteiger partial charge in [-0.2, -0.15) is 5.26 Å². The summed E-state index contributed by atoms with van der Waals surface area (Å²) in [5.74, 6) is 0.470. The summed E-state index contributed by atoms with van der Waals surface area (Å²) in [5.41, 5.74) is 5.71. The van der Waals surface area contributed by atoms with Gasteiger partial charge in [-0.1, -0.05) is 13.8 Å². The second-order valence-corrected chi connectivity index (χ2v) is 3.27. The lowest BCUT2D eigenvalue weighted by Crippen LogP contribution is -2.20. The van der Waals surface area contributed by atoms with Crippen LogP contribution in [0.2, 0.25) is 0 Å². The highest BCUT2D eigenvalue weighted by molar-refractivity contribution is 6.05. The fourth-order valence-corrected chi connectivity index (χ4v) is 0.629. The molecule has 0 saturated carbocycles. The molecule has 5 heteroatoms. The predicted octanol–water partition coefficient (Wildman–Crippen LogP) is 1.47. The molecule has 0 heterocycles. The quantitative estimate of drug-likeness (QED) is 0.477. The van der Waals surface area contributed by atoms with Crippen molar-refractivity contribution in [3.63, 3.8) is 0 Å². The Kier molecular flexibility index (Phi) is 5.64. The molecule has 5 nitrogen and oxygen atoms in total. The van der Waals surface area contributed by atoms with Crippen molar-refractivity contribution in [2.24, 2.45) is 16.6 Å². The highest BCUT2D eigenvalue weighted by Crippen LogP contribution is 1.93. The number of nitrogens with zero attached hydrogens (tertiary/aromatic N) is 2. The lowest BCUT2D eigenvalue weighted by molar-refractivity contribution is 0.874. The topological polar surface area (TPSA) is 110 Å². The lowest BCUT2D eigenvalue weighted by atomic mass is 10.2. The van der Waals surface area contributed by atoms with Crippen LogP contribution in [-0.4, -0.2) is 17.4 Å². The van der Waals surface area contributed by atoms with Gasteiger partial charge in [-0.3, -0.25) is 5.41 Å². The molecule has 0 radical (unpaired) electrons. The van der Waals surface area contributed by atoms with Crippen LogP contribution in [0.5, 0.6) is 0 Å². The van der Waals surface area contributed by atoms with E-state index in [-0.39, 0.29) is 23.9 Å². The van der Waals surface area contributed by atoms with E-state index in [9.17, 15) is 0 Å². The van der Waals surface area contributed by atoms with Crippen molar-refractivity contribution < 1.29 is 0 Å². The first kappa shape index (κ1) is 13.0. The number of aliphatic imine (C=N–C) groups is 1. The van der Waals surface area contributed by atoms with E-state index < -0.39 is 0 Å². The number of nitrogens with two attached hydrogens (primary N) is 1. The minimum Gasteiger partial charge on any atom is -0.387 e. The van der Waals surface area contributed by atoms with Gasteiger partial charge in [0.15, 0.2) is 0 Å². The fraction of sp³-hybridized carbons (Fsp3) is 0.400. The van der Waals surface area contributed by atoms with Gasteiger partial charge in [0.05, 0.1) is 12.5 Å². The van der Waals surface area contributed by atoms with Crippen LogP contribution in [-0.2, 0) is 0 Å². The Balaban J connectivity index is 4.34. The molecule has 0 atom stereocenters. The molecule has 4 N–H and O–H groups in total. The minimum absolute atomic E-state index is 0.0103. The van der Waals surface area contributed by atoms with E-state index in [0.717, 1.165) is 0 Å². The van der Waals surface area contributed by atoms with Gasteiger partial charge in [0, 0.05) is 11.6 Å². The van der Waals surface area contributed by atoms with Crippen LogP contribution in [0.1, 0.15) is 20.3 Å². The van der Waals surface area contributed by atoms with Gasteiger partial charge in [-0.15, -0.1) is 0 Å². The van der Waals surface area contributed by atoms with E-state index in [1.54, 1.807) is 0 Å². The predicted molar refractivity (Wildman–Crippen MR) is 61.3 cm³/mol. The van der Waals surface area contributed by atoms with Crippen LogP contribution in [0, 0.1) is 28.1 Å². The van der Waals surface area contributed by atoms with Crippen LogP contribution in [0.3, 0.4) is 0 Å². The van der Waals surface area contributed by atoms with E-state index in [4.69, 9.17) is 21.8 Å². The Hall–Kier alpha value is -1.96. The van der Waals surface area contributed by atoms with Gasteiger partial charge in [-0.25, -0.2) is 4.99 Å². The summed E-state index contributed by atoms with van der Waals surface area (Å²) >= 11 is 0. The molecule has 15 heavy (non-hydrogen) atoms. The molecule has 0 bridgehead atoms. The van der Waals surface area contributed by atoms with Gasteiger partial charge < -0.3 is 11.1 Å². The Labute approximate surface area is 89.3 Å². The van der Waals surface area contributed by atoms with Crippen molar-refractivity contribution in [1.82, 2.24) is 0 Å². The average Bonchev–Trinajstić information content (AvgIpc) is 2.15. The van der Waals surface area contributed by atoms with Crippen LogP contribution in [0.15, 0.2) is 17.1 Å². The number of nitrogens with one attached hydrogen (secondary N) is 2. The third-order valence-electron chi connectivity index (χ3n) is 1.55. The Morgan fingerprint density at radius 3 is 2.53 bits per heavy atom. The lowest BCUT2D eigenvalue weighted by Gasteiger charge is -2.01. The highest BCUT2D eigenvalue weighted by Gasteiger charge is 1.99. The highest BCUT2D eigenvalue weighted by atomic mass is 14.9. The van der Waals surface area contributed by atoms with Gasteiger partial charge in [0.1, 0.15) is 11.7 Å². The first-order valence-electron chi connectivity index (χ1n) is 4.52. The van der Waals surface area contributed by atoms with E-state index in [2.05, 4.69) is 4.99 Å². The van der Waals surface area contributed by atoms with Crippen LogP contribution in [0.4, 0.5) is 0 Å². The maximum atomic E-state index is 8.29. The zero-order chi connectivity index (χ0) is 11.8. The molecule has 0 aliphatic rings. The van der Waals surface area contributed by atoms with Crippen molar-refractivity contribution >= 4 is 17.4 Å². The number of allylic oxidation sites excluding steroid dienone is 1. The van der Waals surface area contributed by atoms with E-state index in [1.165, 1.54) is 12.2 Å². The zero-order valence-corrected chi connectivity index (χ0v) is 8.91. The number of rotatable bonds is 4. The van der Waals surface area contributed by atoms with Gasteiger partial charge >= 0.3 is 0 Å². The SMILES string of the molecule is CC(C)C(N)=NC(=N)/C=C\C(=N)CC#N. The standard InChI is InChI=1S/C10H15N5/c1-7(2)10(14)15-9(13)4-3-8(12)5-6-11/h3-4,7,12H,5H2,1-2H3,(H3,13,14,15)/b4-3-,12-8?. The first-order chi connectivity index (χ1) is 6.97. The zero-order valence-electron chi connectivity index (χ0n) is 8.91. The molecule has 0 fully saturated rings. The third-order valence-corrected chi connectivity index (χ3v) is 1.55. The summed E-state index contributed by atoms with van der Waals surface area (Å²) in [6.07, 6.45) is 2.77. The largest absolute Gasteiger partial charge is 0.387 e. The van der Waals surface area contributed by atoms with E-state index in [0.29, 0.717) is 5.84 Å². The molecule has 0 saturated heterocycles. The van der Waals surface area contributed by atoms with Crippen LogP contribution in [0.25, 0.3) is 0 Å². The van der Waals surface area contributed by atoms with E-state index >= 15 is 0 Å². The van der Waals surface area contributed by atoms with Crippen molar-refractivity contribution in [3.05, 3.63) is 12.2 Å². The smallest absolute Gasteiger partial charge is 0.146 e. The molecule has 0 spiro atoms. The van der Waals surface area contributed by atoms with Crippen molar-refractivity contribution in [1.29, 1.82) is 16.1 Å². The summed E-state index contributed by atoms with van der Waals surface area (Å²) in [6, 6.07) is 1.84. The summed E-state index contributed by atoms with van der Waals surface area (Å²) in [6.45, 7) is 3.76. The summed E-state index contributed by atoms with van der Waals surface area (Å²) in [5, 5.41) is 23.0. The molecule has 0 unspecified atom stereocenters. The van der Waals surface area contributed by atoms with Crippen LogP contribution >= 0.6 is 0 Å². The second kappa shape index (κ2) is 6.49. The fourth-order valence-electron chi connectivity index (χ4n) is 0.629. The summed E-state index contributed by atoms with van der Waals surface area (Å²) in [7, 11) is 0. The average molecular weight is 205 g/mol. The Bertz CT molecular complexity index is 343. The summed E-state index contributed by atoms with van der Waals surface area (Å²) < 4.78 is 0. The van der Waals surface area contributed by atoms with Gasteiger partial charge in [-0.05, 0) is 12.2 Å². The normalized spacial score (nSPS) is 11.7. The molecule has 0 aliphatic carbocycles. The van der Waals surface area contributed by atoms with Crippen molar-refractivity contribution in [2.75, 3.05) is 0 Å². The van der Waals surface area contributed by atoms with Gasteiger partial charge in [0.25, 0.3) is 0 Å². The summed E-state index contributed by atoms with van der Waals surface area (Å²) in [4.78, 5) is 3.82. The van der Waals surface area contributed by atoms with Gasteiger partial charge in [0.2, 0.25) is 0 Å². The molecule has 0 aromatic rings. The maximum Gasteiger partial charge on any atom is 0.146 e. The molecule has 0 rings (SSSR count). The molecule has 0 amide bonds. The number of amidine groups is 2. The Morgan fingerprint density at radius 2 is 2.07 bits per heavy atom. The van der Waals surface area contributed by atoms with E-state index in [1.807, 2.05) is 19.9 Å². The molecule has 0 aromatic carbocycles. The molecule has 0 aromatic heterocycles. The number of hydrogen-bond acceptors (Lipinski definition) is 3. The second-order valence-electron chi connectivity index (χ2n) is 3.27. The van der Waals surface area contributed by atoms with Crippen LogP contribution < -0.4 is 5.73 Å². The maximum absolute atomic E-state index is 8.29. The molecule has 80 valence electrons. The Morgan fingerprint density at radius 1 is 1.47 bits per heavy atom. The first-order valence-corrected chi connectivity index (χ1v) is 4.52. The van der Waals surface area contributed by atoms with Crippen molar-refractivity contribution in [3.8, 4) is 6.07 Å².